The van der Waals surface area contributed by atoms with Gasteiger partial charge < -0.3 is 24.5 Å². The molecule has 0 radical (unpaired) electrons. The summed E-state index contributed by atoms with van der Waals surface area (Å²) in [6.07, 6.45) is 0.900. The van der Waals surface area contributed by atoms with Gasteiger partial charge in [-0.15, -0.1) is 10.2 Å². The lowest BCUT2D eigenvalue weighted by Crippen LogP contribution is -2.37. The zero-order valence-electron chi connectivity index (χ0n) is 16.9. The topological polar surface area (TPSA) is 102 Å². The Morgan fingerprint density at radius 2 is 2.15 bits per heavy atom. The molecule has 2 aromatic heterocycles. The molecule has 2 rings (SSSR count). The van der Waals surface area contributed by atoms with Gasteiger partial charge in [0.25, 0.3) is 0 Å². The first-order chi connectivity index (χ1) is 13.0. The molecule has 0 unspecified atom stereocenters. The Morgan fingerprint density at radius 3 is 2.78 bits per heavy atom. The monoisotopic (exact) mass is 377 g/mol. The molecule has 0 saturated heterocycles. The van der Waals surface area contributed by atoms with E-state index in [0.29, 0.717) is 25.0 Å². The quantitative estimate of drug-likeness (QED) is 0.370. The SMILES string of the molecule is CCOCCCNC(=NCc1nnc(C)n1C)NCc1cc(C(C)C)no1. The van der Waals surface area contributed by atoms with E-state index in [2.05, 4.69) is 44.8 Å². The van der Waals surface area contributed by atoms with Crippen LogP contribution in [0.5, 0.6) is 0 Å². The first kappa shape index (κ1) is 20.9. The second-order valence-electron chi connectivity index (χ2n) is 6.59. The van der Waals surface area contributed by atoms with Crippen molar-refractivity contribution in [2.75, 3.05) is 19.8 Å². The second-order valence-corrected chi connectivity index (χ2v) is 6.59. The van der Waals surface area contributed by atoms with E-state index in [9.17, 15) is 0 Å². The van der Waals surface area contributed by atoms with Crippen LogP contribution in [0.25, 0.3) is 0 Å². The van der Waals surface area contributed by atoms with E-state index in [-0.39, 0.29) is 0 Å². The molecule has 0 aliphatic rings. The molecule has 0 aliphatic heterocycles. The number of hydrogen-bond donors (Lipinski definition) is 2. The molecule has 2 heterocycles. The highest BCUT2D eigenvalue weighted by molar-refractivity contribution is 5.79. The van der Waals surface area contributed by atoms with Crippen LogP contribution in [0.2, 0.25) is 0 Å². The summed E-state index contributed by atoms with van der Waals surface area (Å²) in [7, 11) is 1.94. The van der Waals surface area contributed by atoms with E-state index in [4.69, 9.17) is 9.26 Å². The van der Waals surface area contributed by atoms with E-state index in [0.717, 1.165) is 49.3 Å². The molecular weight excluding hydrogens is 346 g/mol. The number of hydrogen-bond acceptors (Lipinski definition) is 6. The molecular formula is C18H31N7O2. The van der Waals surface area contributed by atoms with Gasteiger partial charge in [0.1, 0.15) is 12.4 Å². The molecule has 0 atom stereocenters. The Bertz CT molecular complexity index is 721. The molecule has 0 aliphatic carbocycles. The van der Waals surface area contributed by atoms with Gasteiger partial charge in [0.05, 0.1) is 12.2 Å². The Hall–Kier alpha value is -2.42. The minimum Gasteiger partial charge on any atom is -0.382 e. The molecule has 0 fully saturated rings. The molecule has 0 saturated carbocycles. The molecule has 0 aromatic carbocycles. The van der Waals surface area contributed by atoms with Crippen LogP contribution in [0.15, 0.2) is 15.6 Å². The van der Waals surface area contributed by atoms with E-state index in [1.165, 1.54) is 0 Å². The third-order valence-electron chi connectivity index (χ3n) is 4.12. The van der Waals surface area contributed by atoms with Gasteiger partial charge in [0.15, 0.2) is 17.5 Å². The summed E-state index contributed by atoms with van der Waals surface area (Å²) in [6, 6.07) is 1.97. The highest BCUT2D eigenvalue weighted by Crippen LogP contribution is 2.13. The molecule has 0 spiro atoms. The van der Waals surface area contributed by atoms with Gasteiger partial charge in [-0.05, 0) is 26.2 Å². The average molecular weight is 377 g/mol. The van der Waals surface area contributed by atoms with Gasteiger partial charge in [-0.3, -0.25) is 0 Å². The Labute approximate surface area is 160 Å². The predicted molar refractivity (Wildman–Crippen MR) is 103 cm³/mol. The van der Waals surface area contributed by atoms with Crippen LogP contribution >= 0.6 is 0 Å². The number of rotatable bonds is 10. The van der Waals surface area contributed by atoms with Crippen molar-refractivity contribution in [3.8, 4) is 0 Å². The largest absolute Gasteiger partial charge is 0.382 e. The van der Waals surface area contributed by atoms with Gasteiger partial charge in [0, 0.05) is 32.9 Å². The molecule has 0 amide bonds. The molecule has 150 valence electrons. The first-order valence-electron chi connectivity index (χ1n) is 9.41. The molecule has 9 nitrogen and oxygen atoms in total. The smallest absolute Gasteiger partial charge is 0.192 e. The van der Waals surface area contributed by atoms with Crippen LogP contribution < -0.4 is 10.6 Å². The Morgan fingerprint density at radius 1 is 1.33 bits per heavy atom. The van der Waals surface area contributed by atoms with Crippen molar-refractivity contribution in [1.82, 2.24) is 30.6 Å². The molecule has 2 aromatic rings. The van der Waals surface area contributed by atoms with Crippen LogP contribution in [-0.4, -0.2) is 45.6 Å². The zero-order chi connectivity index (χ0) is 19.6. The Balaban J connectivity index is 1.94. The maximum absolute atomic E-state index is 5.38. The molecule has 9 heteroatoms. The van der Waals surface area contributed by atoms with Crippen molar-refractivity contribution in [2.45, 2.75) is 53.1 Å². The minimum atomic E-state index is 0.339. The lowest BCUT2D eigenvalue weighted by molar-refractivity contribution is 0.145. The summed E-state index contributed by atoms with van der Waals surface area (Å²) >= 11 is 0. The van der Waals surface area contributed by atoms with Crippen molar-refractivity contribution in [3.05, 3.63) is 29.2 Å². The van der Waals surface area contributed by atoms with Crippen LogP contribution in [-0.2, 0) is 24.9 Å². The first-order valence-corrected chi connectivity index (χ1v) is 9.41. The van der Waals surface area contributed by atoms with Crippen LogP contribution in [0.4, 0.5) is 0 Å². The van der Waals surface area contributed by atoms with Crippen LogP contribution in [0.3, 0.4) is 0 Å². The molecule has 2 N–H and O–H groups in total. The van der Waals surface area contributed by atoms with Crippen molar-refractivity contribution in [2.24, 2.45) is 12.0 Å². The number of guanidine groups is 1. The number of aromatic nitrogens is 4. The predicted octanol–water partition coefficient (Wildman–Crippen LogP) is 1.90. The number of aryl methyl sites for hydroxylation is 1. The van der Waals surface area contributed by atoms with Crippen molar-refractivity contribution >= 4 is 5.96 Å². The summed E-state index contributed by atoms with van der Waals surface area (Å²) in [5, 5.41) is 18.9. The second kappa shape index (κ2) is 10.7. The van der Waals surface area contributed by atoms with E-state index in [1.807, 2.05) is 31.5 Å². The van der Waals surface area contributed by atoms with Crippen molar-refractivity contribution < 1.29 is 9.26 Å². The van der Waals surface area contributed by atoms with Gasteiger partial charge >= 0.3 is 0 Å². The van der Waals surface area contributed by atoms with E-state index < -0.39 is 0 Å². The number of aliphatic imine (C=N–C) groups is 1. The summed E-state index contributed by atoms with van der Waals surface area (Å²) < 4.78 is 12.7. The number of ether oxygens (including phenoxy) is 1. The highest BCUT2D eigenvalue weighted by Gasteiger charge is 2.09. The van der Waals surface area contributed by atoms with Gasteiger partial charge in [-0.25, -0.2) is 4.99 Å². The molecule has 27 heavy (non-hydrogen) atoms. The highest BCUT2D eigenvalue weighted by atomic mass is 16.5. The van der Waals surface area contributed by atoms with Gasteiger partial charge in [-0.2, -0.15) is 0 Å². The fourth-order valence-corrected chi connectivity index (χ4v) is 2.29. The van der Waals surface area contributed by atoms with Gasteiger partial charge in [-0.1, -0.05) is 19.0 Å². The summed E-state index contributed by atoms with van der Waals surface area (Å²) in [5.41, 5.74) is 0.949. The third kappa shape index (κ3) is 6.67. The fraction of sp³-hybridized carbons (Fsp3) is 0.667. The van der Waals surface area contributed by atoms with Crippen LogP contribution in [0.1, 0.15) is 56.2 Å². The van der Waals surface area contributed by atoms with Crippen molar-refractivity contribution in [3.63, 3.8) is 0 Å². The van der Waals surface area contributed by atoms with Crippen LogP contribution in [0, 0.1) is 6.92 Å². The Kier molecular flexibility index (Phi) is 8.25. The normalized spacial score (nSPS) is 12.0. The summed E-state index contributed by atoms with van der Waals surface area (Å²) in [4.78, 5) is 4.61. The zero-order valence-corrected chi connectivity index (χ0v) is 16.9. The average Bonchev–Trinajstić information content (AvgIpc) is 3.25. The third-order valence-corrected chi connectivity index (χ3v) is 4.12. The lowest BCUT2D eigenvalue weighted by Gasteiger charge is -2.11. The summed E-state index contributed by atoms with van der Waals surface area (Å²) in [5.74, 6) is 3.48. The van der Waals surface area contributed by atoms with Crippen molar-refractivity contribution in [1.29, 1.82) is 0 Å². The minimum absolute atomic E-state index is 0.339. The number of nitrogens with one attached hydrogen (secondary N) is 2. The number of nitrogens with zero attached hydrogens (tertiary/aromatic N) is 5. The molecule has 0 bridgehead atoms. The lowest BCUT2D eigenvalue weighted by atomic mass is 10.1. The maximum Gasteiger partial charge on any atom is 0.192 e. The summed E-state index contributed by atoms with van der Waals surface area (Å²) in [6.45, 7) is 11.2. The standard InChI is InChI=1S/C18H31N7O2/c1-6-26-9-7-8-19-18(21-12-17-23-22-14(4)25(17)5)20-11-15-10-16(13(2)3)24-27-15/h10,13H,6-9,11-12H2,1-5H3,(H2,19,20,21). The van der Waals surface area contributed by atoms with E-state index in [1.54, 1.807) is 0 Å². The maximum atomic E-state index is 5.38. The van der Waals surface area contributed by atoms with Gasteiger partial charge in [0.2, 0.25) is 0 Å². The fourth-order valence-electron chi connectivity index (χ4n) is 2.29. The van der Waals surface area contributed by atoms with E-state index >= 15 is 0 Å².